The molecule has 9 heavy (non-hydrogen) atoms. The molecule has 0 spiro atoms. The van der Waals surface area contributed by atoms with E-state index in [2.05, 4.69) is 22.6 Å². The fourth-order valence-electron chi connectivity index (χ4n) is 0.340. The fourth-order valence-corrected chi connectivity index (χ4v) is 0.561. The molecule has 0 rings (SSSR count). The van der Waals surface area contributed by atoms with Crippen molar-refractivity contribution in [1.29, 1.82) is 0 Å². The molecule has 0 aromatic heterocycles. The van der Waals surface area contributed by atoms with Crippen LogP contribution in [0.4, 0.5) is 0 Å². The summed E-state index contributed by atoms with van der Waals surface area (Å²) in [6.45, 7) is 4.39. The van der Waals surface area contributed by atoms with Crippen molar-refractivity contribution >= 4 is 16.0 Å². The number of hydrogen-bond donors (Lipinski definition) is 1. The molecule has 0 aliphatic rings. The van der Waals surface area contributed by atoms with Gasteiger partial charge in [-0.2, -0.15) is 0 Å². The van der Waals surface area contributed by atoms with Crippen LogP contribution in [0.3, 0.4) is 0 Å². The van der Waals surface area contributed by atoms with Crippen LogP contribution in [0.5, 0.6) is 0 Å². The maximum atomic E-state index is 8.91. The monoisotopic (exact) mass is 196 g/mol. The molecule has 0 radical (unpaired) electrons. The molecule has 2 nitrogen and oxygen atoms in total. The first kappa shape index (κ1) is 9.18. The quantitative estimate of drug-likeness (QED) is 0.376. The Morgan fingerprint density at radius 2 is 2.44 bits per heavy atom. The van der Waals surface area contributed by atoms with Crippen LogP contribution in [0.2, 0.25) is 5.32 Å². The Bertz CT molecular complexity index is 75.5. The van der Waals surface area contributed by atoms with E-state index in [9.17, 15) is 0 Å². The van der Waals surface area contributed by atoms with Gasteiger partial charge in [-0.05, 0) is 0 Å². The first-order chi connectivity index (χ1) is 4.31. The molecule has 0 aliphatic carbocycles. The van der Waals surface area contributed by atoms with E-state index in [0.717, 1.165) is 0 Å². The minimum atomic E-state index is -0.343. The molecule has 1 atom stereocenters. The Morgan fingerprint density at radius 1 is 1.78 bits per heavy atom. The molecule has 0 fully saturated rings. The minimum absolute atomic E-state index is 0.343. The SMILES string of the molecule is C=CCOCC(O)C[SeH]. The van der Waals surface area contributed by atoms with Gasteiger partial charge < -0.3 is 0 Å². The molecule has 0 bridgehead atoms. The molecule has 1 N–H and O–H groups in total. The van der Waals surface area contributed by atoms with Crippen molar-refractivity contribution in [2.24, 2.45) is 0 Å². The Balaban J connectivity index is 2.96. The zero-order chi connectivity index (χ0) is 7.11. The van der Waals surface area contributed by atoms with Crippen LogP contribution in [-0.2, 0) is 4.74 Å². The van der Waals surface area contributed by atoms with Crippen LogP contribution < -0.4 is 0 Å². The van der Waals surface area contributed by atoms with Gasteiger partial charge in [0.1, 0.15) is 0 Å². The normalized spacial score (nSPS) is 13.1. The van der Waals surface area contributed by atoms with Crippen molar-refractivity contribution in [3.63, 3.8) is 0 Å². The zero-order valence-electron chi connectivity index (χ0n) is 5.29. The van der Waals surface area contributed by atoms with Gasteiger partial charge >= 0.3 is 63.1 Å². The predicted octanol–water partition coefficient (Wildman–Crippen LogP) is -0.131. The summed E-state index contributed by atoms with van der Waals surface area (Å²) in [6, 6.07) is 0. The number of aliphatic hydroxyl groups excluding tert-OH is 1. The average Bonchev–Trinajstić information content (AvgIpc) is 1.89. The van der Waals surface area contributed by atoms with E-state index < -0.39 is 0 Å². The third kappa shape index (κ3) is 6.06. The summed E-state index contributed by atoms with van der Waals surface area (Å²) in [5.41, 5.74) is 0. The number of hydrogen-bond acceptors (Lipinski definition) is 2. The van der Waals surface area contributed by atoms with E-state index in [1.54, 1.807) is 6.08 Å². The van der Waals surface area contributed by atoms with Gasteiger partial charge in [0, 0.05) is 0 Å². The van der Waals surface area contributed by atoms with E-state index in [1.807, 2.05) is 0 Å². The molecule has 0 saturated heterocycles. The van der Waals surface area contributed by atoms with Crippen LogP contribution in [-0.4, -0.2) is 40.4 Å². The molecule has 0 amide bonds. The van der Waals surface area contributed by atoms with Gasteiger partial charge in [-0.15, -0.1) is 0 Å². The van der Waals surface area contributed by atoms with E-state index in [-0.39, 0.29) is 6.10 Å². The third-order valence-corrected chi connectivity index (χ3v) is 1.64. The molecule has 0 aliphatic heterocycles. The summed E-state index contributed by atoms with van der Waals surface area (Å²) in [5.74, 6) is 0. The van der Waals surface area contributed by atoms with E-state index in [0.29, 0.717) is 18.5 Å². The second-order valence-corrected chi connectivity index (χ2v) is 2.43. The summed E-state index contributed by atoms with van der Waals surface area (Å²) in [7, 11) is 0. The van der Waals surface area contributed by atoms with Crippen LogP contribution in [0.25, 0.3) is 0 Å². The zero-order valence-corrected chi connectivity index (χ0v) is 7.16. The molecule has 0 saturated carbocycles. The van der Waals surface area contributed by atoms with Crippen LogP contribution >= 0.6 is 0 Å². The summed E-state index contributed by atoms with van der Waals surface area (Å²) in [5, 5.41) is 9.59. The van der Waals surface area contributed by atoms with Crippen molar-refractivity contribution in [3.05, 3.63) is 12.7 Å². The first-order valence-electron chi connectivity index (χ1n) is 2.78. The fraction of sp³-hybridized carbons (Fsp3) is 0.667. The van der Waals surface area contributed by atoms with Gasteiger partial charge in [0.05, 0.1) is 0 Å². The van der Waals surface area contributed by atoms with E-state index in [4.69, 9.17) is 9.84 Å². The van der Waals surface area contributed by atoms with Crippen molar-refractivity contribution in [1.82, 2.24) is 0 Å². The topological polar surface area (TPSA) is 29.5 Å². The van der Waals surface area contributed by atoms with Crippen molar-refractivity contribution in [3.8, 4) is 0 Å². The predicted molar refractivity (Wildman–Crippen MR) is 39.0 cm³/mol. The first-order valence-corrected chi connectivity index (χ1v) is 4.11. The summed E-state index contributed by atoms with van der Waals surface area (Å²) < 4.78 is 4.96. The van der Waals surface area contributed by atoms with Crippen molar-refractivity contribution < 1.29 is 9.84 Å². The van der Waals surface area contributed by atoms with Gasteiger partial charge in [0.15, 0.2) is 0 Å². The Morgan fingerprint density at radius 3 is 2.89 bits per heavy atom. The van der Waals surface area contributed by atoms with E-state index in [1.165, 1.54) is 0 Å². The standard InChI is InChI=1S/C6H12O2Se/c1-2-3-8-4-6(7)5-9/h2,6-7,9H,1,3-5H2. The second kappa shape index (κ2) is 6.30. The van der Waals surface area contributed by atoms with Crippen LogP contribution in [0, 0.1) is 0 Å². The van der Waals surface area contributed by atoms with Gasteiger partial charge in [-0.3, -0.25) is 0 Å². The Hall–Kier alpha value is 0.179. The Kier molecular flexibility index (Phi) is 6.43. The van der Waals surface area contributed by atoms with Crippen molar-refractivity contribution in [2.75, 3.05) is 13.2 Å². The van der Waals surface area contributed by atoms with Gasteiger partial charge in [-0.25, -0.2) is 0 Å². The molecule has 0 aromatic rings. The molecule has 54 valence electrons. The third-order valence-electron chi connectivity index (χ3n) is 0.757. The number of ether oxygens (including phenoxy) is 1. The molecule has 0 heterocycles. The van der Waals surface area contributed by atoms with Gasteiger partial charge in [0.2, 0.25) is 0 Å². The van der Waals surface area contributed by atoms with Crippen molar-refractivity contribution in [2.45, 2.75) is 11.4 Å². The summed E-state index contributed by atoms with van der Waals surface area (Å²) in [6.07, 6.45) is 1.32. The maximum absolute atomic E-state index is 8.91. The van der Waals surface area contributed by atoms with Gasteiger partial charge in [-0.1, -0.05) is 0 Å². The van der Waals surface area contributed by atoms with Crippen LogP contribution in [0.1, 0.15) is 0 Å². The van der Waals surface area contributed by atoms with Crippen LogP contribution in [0.15, 0.2) is 12.7 Å². The number of aliphatic hydroxyl groups is 1. The van der Waals surface area contributed by atoms with Gasteiger partial charge in [0.25, 0.3) is 0 Å². The Labute approximate surface area is 63.7 Å². The second-order valence-electron chi connectivity index (χ2n) is 1.66. The average molecular weight is 195 g/mol. The molecule has 1 unspecified atom stereocenters. The molecule has 0 aromatic carbocycles. The summed E-state index contributed by atoms with van der Waals surface area (Å²) in [4.78, 5) is 0. The van der Waals surface area contributed by atoms with E-state index >= 15 is 0 Å². The molecular formula is C6H12O2Se. The number of rotatable bonds is 5. The summed E-state index contributed by atoms with van der Waals surface area (Å²) >= 11 is 2.32. The molecule has 3 heteroatoms. The molecular weight excluding hydrogens is 183 g/mol.